The van der Waals surface area contributed by atoms with E-state index in [9.17, 15) is 9.59 Å². The predicted octanol–water partition coefficient (Wildman–Crippen LogP) is 0.756. The highest BCUT2D eigenvalue weighted by molar-refractivity contribution is 5.93. The minimum absolute atomic E-state index is 0.0119. The zero-order valence-corrected chi connectivity index (χ0v) is 10.6. The van der Waals surface area contributed by atoms with Crippen LogP contribution in [0.5, 0.6) is 0 Å². The Labute approximate surface area is 105 Å². The van der Waals surface area contributed by atoms with Crippen molar-refractivity contribution in [1.29, 1.82) is 0 Å². The molecule has 6 heteroatoms. The van der Waals surface area contributed by atoms with Crippen molar-refractivity contribution in [1.82, 2.24) is 4.98 Å². The molecule has 0 atom stereocenters. The number of hydrogen-bond donors (Lipinski definition) is 2. The van der Waals surface area contributed by atoms with Gasteiger partial charge >= 0.3 is 11.9 Å². The van der Waals surface area contributed by atoms with Crippen molar-refractivity contribution in [2.24, 2.45) is 5.73 Å². The number of carbonyl (C=O) groups excluding carboxylic acids is 2. The number of aromatic nitrogens is 1. The fourth-order valence-electron chi connectivity index (χ4n) is 1.63. The van der Waals surface area contributed by atoms with Gasteiger partial charge in [-0.1, -0.05) is 0 Å². The van der Waals surface area contributed by atoms with Crippen molar-refractivity contribution >= 4 is 11.9 Å². The highest BCUT2D eigenvalue weighted by Gasteiger charge is 2.20. The van der Waals surface area contributed by atoms with Crippen molar-refractivity contribution in [3.8, 4) is 0 Å². The fourth-order valence-corrected chi connectivity index (χ4v) is 1.63. The summed E-state index contributed by atoms with van der Waals surface area (Å²) in [5.41, 5.74) is 7.09. The lowest BCUT2D eigenvalue weighted by atomic mass is 10.1. The molecule has 0 saturated carbocycles. The summed E-state index contributed by atoms with van der Waals surface area (Å²) in [6.07, 6.45) is 1.52. The van der Waals surface area contributed by atoms with E-state index in [0.29, 0.717) is 23.4 Å². The van der Waals surface area contributed by atoms with Gasteiger partial charge in [-0.25, -0.2) is 4.79 Å². The molecule has 0 aliphatic carbocycles. The molecule has 0 bridgehead atoms. The van der Waals surface area contributed by atoms with Gasteiger partial charge in [-0.3, -0.25) is 4.79 Å². The largest absolute Gasteiger partial charge is 0.466 e. The molecule has 0 aliphatic rings. The molecular weight excluding hydrogens is 236 g/mol. The lowest BCUT2D eigenvalue weighted by Gasteiger charge is -2.06. The van der Waals surface area contributed by atoms with Crippen molar-refractivity contribution < 1.29 is 19.1 Å². The Bertz CT molecular complexity index is 426. The molecule has 1 aromatic rings. The van der Waals surface area contributed by atoms with E-state index < -0.39 is 11.9 Å². The first-order valence-corrected chi connectivity index (χ1v) is 5.85. The third-order valence-corrected chi connectivity index (χ3v) is 2.41. The van der Waals surface area contributed by atoms with Crippen molar-refractivity contribution in [2.75, 3.05) is 13.2 Å². The molecule has 1 rings (SSSR count). The summed E-state index contributed by atoms with van der Waals surface area (Å²) in [6.45, 7) is 4.25. The summed E-state index contributed by atoms with van der Waals surface area (Å²) in [4.78, 5) is 26.1. The summed E-state index contributed by atoms with van der Waals surface area (Å²) in [5.74, 6) is -0.856. The normalized spacial score (nSPS) is 10.2. The molecule has 0 spiro atoms. The van der Waals surface area contributed by atoms with E-state index in [1.807, 2.05) is 0 Å². The number of H-pyrrole nitrogens is 1. The van der Waals surface area contributed by atoms with Crippen LogP contribution in [0.15, 0.2) is 6.20 Å². The second kappa shape index (κ2) is 6.80. The Morgan fingerprint density at radius 2 is 1.94 bits per heavy atom. The maximum absolute atomic E-state index is 11.7. The van der Waals surface area contributed by atoms with E-state index in [1.165, 1.54) is 6.20 Å². The third kappa shape index (κ3) is 3.33. The Hall–Kier alpha value is -1.82. The molecule has 3 N–H and O–H groups in total. The molecule has 0 saturated heterocycles. The van der Waals surface area contributed by atoms with Gasteiger partial charge in [-0.05, 0) is 19.4 Å². The molecule has 0 unspecified atom stereocenters. The molecular formula is C12H18N2O4. The Balaban J connectivity index is 2.95. The van der Waals surface area contributed by atoms with Crippen molar-refractivity contribution in [3.63, 3.8) is 0 Å². The molecule has 6 nitrogen and oxygen atoms in total. The van der Waals surface area contributed by atoms with Gasteiger partial charge in [0.25, 0.3) is 0 Å². The number of nitrogens with one attached hydrogen (secondary N) is 1. The molecule has 100 valence electrons. The van der Waals surface area contributed by atoms with Crippen LogP contribution < -0.4 is 5.73 Å². The second-order valence-corrected chi connectivity index (χ2v) is 3.57. The van der Waals surface area contributed by atoms with Gasteiger partial charge in [0.05, 0.1) is 25.2 Å². The summed E-state index contributed by atoms with van der Waals surface area (Å²) >= 11 is 0. The Morgan fingerprint density at radius 3 is 2.50 bits per heavy atom. The van der Waals surface area contributed by atoms with Crippen LogP contribution in [0.2, 0.25) is 0 Å². The molecule has 0 fully saturated rings. The van der Waals surface area contributed by atoms with Gasteiger partial charge < -0.3 is 20.2 Å². The number of nitrogens with two attached hydrogens (primary N) is 1. The van der Waals surface area contributed by atoms with Gasteiger partial charge in [0.1, 0.15) is 0 Å². The van der Waals surface area contributed by atoms with Crippen LogP contribution in [0.25, 0.3) is 0 Å². The van der Waals surface area contributed by atoms with Gasteiger partial charge in [0, 0.05) is 18.4 Å². The number of hydrogen-bond acceptors (Lipinski definition) is 5. The molecule has 18 heavy (non-hydrogen) atoms. The number of esters is 2. The molecule has 0 amide bonds. The topological polar surface area (TPSA) is 94.4 Å². The molecule has 1 heterocycles. The van der Waals surface area contributed by atoms with Crippen molar-refractivity contribution in [3.05, 3.63) is 23.0 Å². The van der Waals surface area contributed by atoms with Crippen LogP contribution in [0.1, 0.15) is 35.5 Å². The van der Waals surface area contributed by atoms with E-state index in [0.717, 1.165) is 0 Å². The standard InChI is InChI=1S/C12H18N2O4/c1-3-17-11(15)5-8-9(12(16)18-4-2)7-14-10(8)6-13/h7,14H,3-6,13H2,1-2H3. The quantitative estimate of drug-likeness (QED) is 0.731. The predicted molar refractivity (Wildman–Crippen MR) is 65.0 cm³/mol. The Kier molecular flexibility index (Phi) is 5.38. The zero-order valence-electron chi connectivity index (χ0n) is 10.6. The van der Waals surface area contributed by atoms with Crippen LogP contribution >= 0.6 is 0 Å². The molecule has 0 radical (unpaired) electrons. The first kappa shape index (κ1) is 14.2. The van der Waals surface area contributed by atoms with E-state index in [2.05, 4.69) is 4.98 Å². The average molecular weight is 254 g/mol. The summed E-state index contributed by atoms with van der Waals surface area (Å²) in [7, 11) is 0. The van der Waals surface area contributed by atoms with Crippen LogP contribution in [-0.2, 0) is 27.2 Å². The smallest absolute Gasteiger partial charge is 0.339 e. The minimum atomic E-state index is -0.465. The minimum Gasteiger partial charge on any atom is -0.466 e. The molecule has 0 aliphatic heterocycles. The molecule has 0 aromatic carbocycles. The van der Waals surface area contributed by atoms with Crippen LogP contribution in [0.4, 0.5) is 0 Å². The summed E-state index contributed by atoms with van der Waals surface area (Å²) in [5, 5.41) is 0. The lowest BCUT2D eigenvalue weighted by Crippen LogP contribution is -2.14. The van der Waals surface area contributed by atoms with Crippen LogP contribution in [0.3, 0.4) is 0 Å². The van der Waals surface area contributed by atoms with Crippen LogP contribution in [0, 0.1) is 0 Å². The zero-order chi connectivity index (χ0) is 13.5. The Morgan fingerprint density at radius 1 is 1.28 bits per heavy atom. The maximum Gasteiger partial charge on any atom is 0.339 e. The monoisotopic (exact) mass is 254 g/mol. The first-order chi connectivity index (χ1) is 8.63. The first-order valence-electron chi connectivity index (χ1n) is 5.85. The highest BCUT2D eigenvalue weighted by atomic mass is 16.5. The SMILES string of the molecule is CCOC(=O)Cc1c(C(=O)OCC)c[nH]c1CN. The number of aromatic amines is 1. The maximum atomic E-state index is 11.7. The summed E-state index contributed by atoms with van der Waals surface area (Å²) in [6, 6.07) is 0. The van der Waals surface area contributed by atoms with E-state index >= 15 is 0 Å². The van der Waals surface area contributed by atoms with E-state index in [4.69, 9.17) is 15.2 Å². The van der Waals surface area contributed by atoms with E-state index in [1.54, 1.807) is 13.8 Å². The van der Waals surface area contributed by atoms with Crippen LogP contribution in [-0.4, -0.2) is 30.1 Å². The molecule has 1 aromatic heterocycles. The number of carbonyl (C=O) groups is 2. The van der Waals surface area contributed by atoms with Crippen molar-refractivity contribution in [2.45, 2.75) is 26.8 Å². The van der Waals surface area contributed by atoms with Gasteiger partial charge in [-0.2, -0.15) is 0 Å². The van der Waals surface area contributed by atoms with E-state index in [-0.39, 0.29) is 19.6 Å². The lowest BCUT2D eigenvalue weighted by molar-refractivity contribution is -0.142. The number of rotatable bonds is 6. The highest BCUT2D eigenvalue weighted by Crippen LogP contribution is 2.16. The number of ether oxygens (including phenoxy) is 2. The third-order valence-electron chi connectivity index (χ3n) is 2.41. The van der Waals surface area contributed by atoms with Gasteiger partial charge in [0.15, 0.2) is 0 Å². The second-order valence-electron chi connectivity index (χ2n) is 3.57. The van der Waals surface area contributed by atoms with Gasteiger partial charge in [-0.15, -0.1) is 0 Å². The summed E-state index contributed by atoms with van der Waals surface area (Å²) < 4.78 is 9.78. The van der Waals surface area contributed by atoms with Gasteiger partial charge in [0.2, 0.25) is 0 Å². The average Bonchev–Trinajstić information content (AvgIpc) is 2.72. The fraction of sp³-hybridized carbons (Fsp3) is 0.500.